The first-order valence-electron chi connectivity index (χ1n) is 4.04. The molecular weight excluding hydrogens is 138 g/mol. The van der Waals surface area contributed by atoms with Crippen molar-refractivity contribution in [1.29, 1.82) is 0 Å². The summed E-state index contributed by atoms with van der Waals surface area (Å²) < 4.78 is 0.760. The number of hydrogen-bond donors (Lipinski definition) is 1. The lowest BCUT2D eigenvalue weighted by atomic mass is 9.83. The molecule has 0 aliphatic rings. The Bertz CT molecular complexity index is 121. The lowest BCUT2D eigenvalue weighted by molar-refractivity contribution is -0.927. The molecule has 0 saturated carbocycles. The van der Waals surface area contributed by atoms with Crippen LogP contribution in [0.25, 0.3) is 0 Å². The van der Waals surface area contributed by atoms with E-state index < -0.39 is 5.60 Å². The van der Waals surface area contributed by atoms with E-state index in [2.05, 4.69) is 35.0 Å². The molecule has 0 spiro atoms. The van der Waals surface area contributed by atoms with Gasteiger partial charge in [-0.15, -0.1) is 0 Å². The predicted molar refractivity (Wildman–Crippen MR) is 48.4 cm³/mol. The molecule has 2 nitrogen and oxygen atoms in total. The molecule has 0 aromatic carbocycles. The van der Waals surface area contributed by atoms with Crippen molar-refractivity contribution in [2.75, 3.05) is 21.1 Å². The fraction of sp³-hybridized carbons (Fsp3) is 1.00. The molecule has 0 atom stereocenters. The number of hydrogen-bond acceptors (Lipinski definition) is 1. The molecule has 2 heteroatoms. The first kappa shape index (κ1) is 10.9. The molecule has 0 rings (SSSR count). The van der Waals surface area contributed by atoms with Crippen LogP contribution in [0, 0.1) is 0 Å². The zero-order valence-corrected chi connectivity index (χ0v) is 8.89. The van der Waals surface area contributed by atoms with Crippen molar-refractivity contribution in [3.05, 3.63) is 0 Å². The van der Waals surface area contributed by atoms with Gasteiger partial charge in [-0.1, -0.05) is 0 Å². The molecular formula is C9H22NO+. The Morgan fingerprint density at radius 1 is 0.909 bits per heavy atom. The first-order chi connectivity index (χ1) is 4.50. The lowest BCUT2D eigenvalue weighted by Crippen LogP contribution is -2.64. The molecule has 1 N–H and O–H groups in total. The molecule has 0 unspecified atom stereocenters. The van der Waals surface area contributed by atoms with E-state index in [0.717, 1.165) is 4.48 Å². The van der Waals surface area contributed by atoms with E-state index in [0.29, 0.717) is 0 Å². The van der Waals surface area contributed by atoms with Crippen LogP contribution in [0.1, 0.15) is 27.7 Å². The third-order valence-electron chi connectivity index (χ3n) is 3.17. The normalized spacial score (nSPS) is 15.3. The van der Waals surface area contributed by atoms with Gasteiger partial charge in [-0.2, -0.15) is 0 Å². The van der Waals surface area contributed by atoms with E-state index in [-0.39, 0.29) is 5.54 Å². The Labute approximate surface area is 70.4 Å². The standard InChI is InChI=1S/C9H22NO/c1-8(2,9(3,4)11)10(5,6)7/h11H,1-7H3/q+1. The highest BCUT2D eigenvalue weighted by atomic mass is 16.3. The smallest absolute Gasteiger partial charge is 0.121 e. The topological polar surface area (TPSA) is 20.2 Å². The molecule has 0 aromatic heterocycles. The summed E-state index contributed by atoms with van der Waals surface area (Å²) in [6.45, 7) is 7.87. The van der Waals surface area contributed by atoms with Crippen molar-refractivity contribution in [1.82, 2.24) is 0 Å². The van der Waals surface area contributed by atoms with Crippen LogP contribution in [-0.2, 0) is 0 Å². The fourth-order valence-electron chi connectivity index (χ4n) is 0.821. The lowest BCUT2D eigenvalue weighted by Gasteiger charge is -2.48. The molecule has 11 heavy (non-hydrogen) atoms. The molecule has 0 aliphatic heterocycles. The number of aliphatic hydroxyl groups is 1. The maximum absolute atomic E-state index is 9.87. The molecule has 0 aliphatic carbocycles. The monoisotopic (exact) mass is 160 g/mol. The maximum atomic E-state index is 9.87. The second-order valence-corrected chi connectivity index (χ2v) is 5.13. The van der Waals surface area contributed by atoms with Gasteiger partial charge in [-0.05, 0) is 27.7 Å². The maximum Gasteiger partial charge on any atom is 0.121 e. The van der Waals surface area contributed by atoms with Gasteiger partial charge in [0.05, 0.1) is 21.1 Å². The molecule has 0 fully saturated rings. The Balaban J connectivity index is 4.75. The Morgan fingerprint density at radius 3 is 1.18 bits per heavy atom. The van der Waals surface area contributed by atoms with Crippen LogP contribution in [0.15, 0.2) is 0 Å². The molecule has 0 amide bonds. The minimum absolute atomic E-state index is 0.132. The van der Waals surface area contributed by atoms with Gasteiger partial charge >= 0.3 is 0 Å². The fourth-order valence-corrected chi connectivity index (χ4v) is 0.821. The zero-order valence-electron chi connectivity index (χ0n) is 8.89. The van der Waals surface area contributed by atoms with Crippen molar-refractivity contribution in [3.63, 3.8) is 0 Å². The van der Waals surface area contributed by atoms with Crippen LogP contribution in [-0.4, -0.2) is 41.9 Å². The Morgan fingerprint density at radius 2 is 1.18 bits per heavy atom. The van der Waals surface area contributed by atoms with E-state index in [1.54, 1.807) is 0 Å². The quantitative estimate of drug-likeness (QED) is 0.603. The van der Waals surface area contributed by atoms with Gasteiger partial charge in [-0.3, -0.25) is 0 Å². The summed E-state index contributed by atoms with van der Waals surface area (Å²) in [6.07, 6.45) is 0. The highest BCUT2D eigenvalue weighted by Crippen LogP contribution is 2.29. The Kier molecular flexibility index (Phi) is 2.44. The number of likely N-dealkylation sites (N-methyl/N-ethyl adjacent to an activating group) is 1. The second kappa shape index (κ2) is 2.46. The first-order valence-corrected chi connectivity index (χ1v) is 4.04. The number of nitrogens with zero attached hydrogens (tertiary/aromatic N) is 1. The molecule has 68 valence electrons. The van der Waals surface area contributed by atoms with Crippen LogP contribution >= 0.6 is 0 Å². The average molecular weight is 160 g/mol. The minimum Gasteiger partial charge on any atom is -0.384 e. The molecule has 0 heterocycles. The molecule has 0 aromatic rings. The van der Waals surface area contributed by atoms with E-state index in [9.17, 15) is 5.11 Å². The number of quaternary nitrogens is 1. The van der Waals surface area contributed by atoms with E-state index in [4.69, 9.17) is 0 Å². The Hall–Kier alpha value is -0.0800. The van der Waals surface area contributed by atoms with Crippen molar-refractivity contribution in [2.45, 2.75) is 38.8 Å². The van der Waals surface area contributed by atoms with Crippen molar-refractivity contribution in [3.8, 4) is 0 Å². The summed E-state index contributed by atoms with van der Waals surface area (Å²) in [5, 5.41) is 9.87. The van der Waals surface area contributed by atoms with E-state index in [1.165, 1.54) is 0 Å². The van der Waals surface area contributed by atoms with Gasteiger partial charge in [-0.25, -0.2) is 0 Å². The third-order valence-corrected chi connectivity index (χ3v) is 3.17. The van der Waals surface area contributed by atoms with Gasteiger partial charge in [0.2, 0.25) is 0 Å². The minimum atomic E-state index is -0.648. The SMILES string of the molecule is CC(C)(O)C(C)(C)[N+](C)(C)C. The van der Waals surface area contributed by atoms with Crippen LogP contribution in [0.3, 0.4) is 0 Å². The second-order valence-electron chi connectivity index (χ2n) is 5.13. The van der Waals surface area contributed by atoms with Crippen LogP contribution in [0.4, 0.5) is 0 Å². The van der Waals surface area contributed by atoms with Gasteiger partial charge in [0.1, 0.15) is 11.1 Å². The van der Waals surface area contributed by atoms with Crippen LogP contribution < -0.4 is 0 Å². The molecule has 0 bridgehead atoms. The summed E-state index contributed by atoms with van der Waals surface area (Å²) in [6, 6.07) is 0. The summed E-state index contributed by atoms with van der Waals surface area (Å²) in [4.78, 5) is 0. The predicted octanol–water partition coefficient (Wildman–Crippen LogP) is 1.24. The summed E-state index contributed by atoms with van der Waals surface area (Å²) >= 11 is 0. The summed E-state index contributed by atoms with van der Waals surface area (Å²) in [5.41, 5.74) is -0.780. The van der Waals surface area contributed by atoms with Gasteiger partial charge < -0.3 is 9.59 Å². The average Bonchev–Trinajstić information content (AvgIpc) is 1.58. The summed E-state index contributed by atoms with van der Waals surface area (Å²) in [7, 11) is 6.29. The highest BCUT2D eigenvalue weighted by Gasteiger charge is 2.45. The number of rotatable bonds is 2. The van der Waals surface area contributed by atoms with Crippen molar-refractivity contribution in [2.24, 2.45) is 0 Å². The van der Waals surface area contributed by atoms with E-state index in [1.807, 2.05) is 13.8 Å². The van der Waals surface area contributed by atoms with Crippen molar-refractivity contribution >= 4 is 0 Å². The highest BCUT2D eigenvalue weighted by molar-refractivity contribution is 4.87. The largest absolute Gasteiger partial charge is 0.384 e. The van der Waals surface area contributed by atoms with Gasteiger partial charge in [0, 0.05) is 0 Å². The summed E-state index contributed by atoms with van der Waals surface area (Å²) in [5.74, 6) is 0. The third kappa shape index (κ3) is 1.94. The van der Waals surface area contributed by atoms with Gasteiger partial charge in [0.15, 0.2) is 0 Å². The molecule has 0 radical (unpaired) electrons. The van der Waals surface area contributed by atoms with Crippen LogP contribution in [0.5, 0.6) is 0 Å². The van der Waals surface area contributed by atoms with Crippen molar-refractivity contribution < 1.29 is 9.59 Å². The molecule has 0 saturated heterocycles. The zero-order chi connectivity index (χ0) is 9.50. The van der Waals surface area contributed by atoms with E-state index >= 15 is 0 Å². The van der Waals surface area contributed by atoms with Crippen LogP contribution in [0.2, 0.25) is 0 Å². The van der Waals surface area contributed by atoms with Gasteiger partial charge in [0.25, 0.3) is 0 Å².